The van der Waals surface area contributed by atoms with E-state index in [1.54, 1.807) is 18.2 Å². The highest BCUT2D eigenvalue weighted by Gasteiger charge is 2.13. The second-order valence-electron chi connectivity index (χ2n) is 6.02. The molecule has 0 aliphatic rings. The van der Waals surface area contributed by atoms with Crippen molar-refractivity contribution in [1.82, 2.24) is 4.72 Å². The first kappa shape index (κ1) is 18.6. The molecule has 0 fully saturated rings. The summed E-state index contributed by atoms with van der Waals surface area (Å²) < 4.78 is 40.2. The van der Waals surface area contributed by atoms with Gasteiger partial charge in [-0.2, -0.15) is 0 Å². The summed E-state index contributed by atoms with van der Waals surface area (Å²) in [5.74, 6) is -0.0272. The van der Waals surface area contributed by atoms with Gasteiger partial charge in [0.05, 0.1) is 5.75 Å². The van der Waals surface area contributed by atoms with Crippen LogP contribution in [0.25, 0.3) is 11.1 Å². The van der Waals surface area contributed by atoms with Crippen LogP contribution >= 0.6 is 0 Å². The van der Waals surface area contributed by atoms with Crippen LogP contribution in [0.3, 0.4) is 0 Å². The lowest BCUT2D eigenvalue weighted by Gasteiger charge is -2.14. The van der Waals surface area contributed by atoms with Crippen LogP contribution in [0.1, 0.15) is 38.2 Å². The quantitative estimate of drug-likeness (QED) is 0.772. The minimum Gasteiger partial charge on any atom is -0.215 e. The van der Waals surface area contributed by atoms with Crippen molar-refractivity contribution in [1.29, 1.82) is 0 Å². The molecule has 0 bridgehead atoms. The Morgan fingerprint density at radius 2 is 1.75 bits per heavy atom. The molecule has 0 spiro atoms. The van der Waals surface area contributed by atoms with E-state index in [-0.39, 0.29) is 17.5 Å². The average molecular weight is 349 g/mol. The molecule has 24 heavy (non-hydrogen) atoms. The Labute approximate surface area is 144 Å². The molecular weight excluding hydrogens is 325 g/mol. The predicted molar refractivity (Wildman–Crippen MR) is 96.9 cm³/mol. The van der Waals surface area contributed by atoms with Gasteiger partial charge in [-0.25, -0.2) is 17.5 Å². The van der Waals surface area contributed by atoms with E-state index in [9.17, 15) is 12.8 Å². The number of hydrogen-bond donors (Lipinski definition) is 1. The van der Waals surface area contributed by atoms with E-state index in [2.05, 4.69) is 4.72 Å². The van der Waals surface area contributed by atoms with Gasteiger partial charge < -0.3 is 0 Å². The van der Waals surface area contributed by atoms with Gasteiger partial charge in [0.2, 0.25) is 10.0 Å². The number of sulfonamides is 1. The predicted octanol–water partition coefficient (Wildman–Crippen LogP) is 4.32. The van der Waals surface area contributed by atoms with Gasteiger partial charge in [0.15, 0.2) is 0 Å². The maximum absolute atomic E-state index is 13.8. The van der Waals surface area contributed by atoms with Crippen molar-refractivity contribution < 1.29 is 12.8 Å². The van der Waals surface area contributed by atoms with Crippen molar-refractivity contribution in [2.45, 2.75) is 32.6 Å². The summed E-state index contributed by atoms with van der Waals surface area (Å²) in [6, 6.07) is 14.2. The molecule has 0 saturated carbocycles. The van der Waals surface area contributed by atoms with Gasteiger partial charge in [-0.15, -0.1) is 0 Å². The summed E-state index contributed by atoms with van der Waals surface area (Å²) in [6.45, 7) is 4.31. The molecular formula is C19H24FNO2S. The van der Waals surface area contributed by atoms with Gasteiger partial charge in [-0.05, 0) is 29.5 Å². The topological polar surface area (TPSA) is 46.2 Å². The third-order valence-electron chi connectivity index (χ3n) is 4.04. The summed E-state index contributed by atoms with van der Waals surface area (Å²) >= 11 is 0. The number of unbranched alkanes of at least 4 members (excludes halogenated alkanes) is 1. The van der Waals surface area contributed by atoms with Gasteiger partial charge in [0, 0.05) is 12.1 Å². The Morgan fingerprint density at radius 3 is 2.38 bits per heavy atom. The van der Waals surface area contributed by atoms with Crippen molar-refractivity contribution in [3.05, 3.63) is 59.9 Å². The van der Waals surface area contributed by atoms with E-state index in [0.717, 1.165) is 17.5 Å². The molecule has 2 aromatic carbocycles. The first-order valence-corrected chi connectivity index (χ1v) is 9.90. The Kier molecular flexibility index (Phi) is 6.52. The van der Waals surface area contributed by atoms with Gasteiger partial charge in [-0.1, -0.05) is 62.7 Å². The first-order valence-electron chi connectivity index (χ1n) is 8.25. The van der Waals surface area contributed by atoms with Gasteiger partial charge >= 0.3 is 0 Å². The molecule has 130 valence electrons. The number of hydrogen-bond acceptors (Lipinski definition) is 2. The van der Waals surface area contributed by atoms with Crippen LogP contribution in [0.2, 0.25) is 0 Å². The molecule has 1 atom stereocenters. The Balaban J connectivity index is 2.01. The van der Waals surface area contributed by atoms with Crippen LogP contribution in [0.15, 0.2) is 48.5 Å². The van der Waals surface area contributed by atoms with E-state index in [1.165, 1.54) is 6.07 Å². The third-order valence-corrected chi connectivity index (χ3v) is 5.47. The van der Waals surface area contributed by atoms with Crippen molar-refractivity contribution in [3.8, 4) is 11.1 Å². The summed E-state index contributed by atoms with van der Waals surface area (Å²) in [5, 5.41) is 0. The lowest BCUT2D eigenvalue weighted by atomic mass is 9.97. The molecule has 0 amide bonds. The lowest BCUT2D eigenvalue weighted by Crippen LogP contribution is -2.29. The van der Waals surface area contributed by atoms with Crippen LogP contribution in [-0.4, -0.2) is 20.7 Å². The molecule has 0 heterocycles. The van der Waals surface area contributed by atoms with Crippen molar-refractivity contribution in [2.24, 2.45) is 0 Å². The first-order chi connectivity index (χ1) is 11.4. The van der Waals surface area contributed by atoms with E-state index < -0.39 is 10.0 Å². The Morgan fingerprint density at radius 1 is 1.08 bits per heavy atom. The Bertz CT molecular complexity index is 757. The zero-order valence-corrected chi connectivity index (χ0v) is 14.9. The highest BCUT2D eigenvalue weighted by Crippen LogP contribution is 2.24. The van der Waals surface area contributed by atoms with Crippen LogP contribution in [-0.2, 0) is 10.0 Å². The van der Waals surface area contributed by atoms with Crippen LogP contribution in [0.5, 0.6) is 0 Å². The van der Waals surface area contributed by atoms with Crippen molar-refractivity contribution >= 4 is 10.0 Å². The molecule has 0 radical (unpaired) electrons. The van der Waals surface area contributed by atoms with Crippen molar-refractivity contribution in [2.75, 3.05) is 12.3 Å². The minimum absolute atomic E-state index is 0.0519. The number of rotatable bonds is 8. The molecule has 3 nitrogen and oxygen atoms in total. The maximum Gasteiger partial charge on any atom is 0.211 e. The zero-order valence-electron chi connectivity index (χ0n) is 14.1. The second-order valence-corrected chi connectivity index (χ2v) is 7.95. The average Bonchev–Trinajstić information content (AvgIpc) is 2.59. The zero-order chi connectivity index (χ0) is 17.6. The molecule has 2 aromatic rings. The van der Waals surface area contributed by atoms with Crippen LogP contribution in [0.4, 0.5) is 4.39 Å². The Hall–Kier alpha value is -1.72. The fourth-order valence-electron chi connectivity index (χ4n) is 2.46. The highest BCUT2D eigenvalue weighted by atomic mass is 32.2. The van der Waals surface area contributed by atoms with Gasteiger partial charge in [-0.3, -0.25) is 0 Å². The summed E-state index contributed by atoms with van der Waals surface area (Å²) in [7, 11) is -3.20. The highest BCUT2D eigenvalue weighted by molar-refractivity contribution is 7.89. The summed E-state index contributed by atoms with van der Waals surface area (Å²) in [6.07, 6.45) is 1.52. The second kappa shape index (κ2) is 8.40. The standard InChI is InChI=1S/C19H24FNO2S/c1-3-4-13-24(22,23)21-14-15(2)16-9-11-17(12-10-16)18-7-5-6-8-19(18)20/h5-12,15,21H,3-4,13-14H2,1-2H3/t15-/m0/s1. The SMILES string of the molecule is CCCCS(=O)(=O)NC[C@H](C)c1ccc(-c2ccccc2F)cc1. The largest absolute Gasteiger partial charge is 0.215 e. The van der Waals surface area contributed by atoms with Crippen LogP contribution in [0, 0.1) is 5.82 Å². The normalized spacial score (nSPS) is 13.0. The fraction of sp³-hybridized carbons (Fsp3) is 0.368. The molecule has 5 heteroatoms. The van der Waals surface area contributed by atoms with Gasteiger partial charge in [0.25, 0.3) is 0 Å². The van der Waals surface area contributed by atoms with Gasteiger partial charge in [0.1, 0.15) is 5.82 Å². The summed E-state index contributed by atoms with van der Waals surface area (Å²) in [4.78, 5) is 0. The number of nitrogens with one attached hydrogen (secondary N) is 1. The van der Waals surface area contributed by atoms with E-state index >= 15 is 0 Å². The molecule has 0 aliphatic heterocycles. The third kappa shape index (κ3) is 5.14. The number of halogens is 1. The van der Waals surface area contributed by atoms with E-state index in [0.29, 0.717) is 18.5 Å². The fourth-order valence-corrected chi connectivity index (χ4v) is 3.78. The van der Waals surface area contributed by atoms with Crippen LogP contribution < -0.4 is 4.72 Å². The van der Waals surface area contributed by atoms with E-state index in [1.807, 2.05) is 38.1 Å². The molecule has 0 unspecified atom stereocenters. The summed E-state index contributed by atoms with van der Waals surface area (Å²) in [5.41, 5.74) is 2.40. The molecule has 0 aliphatic carbocycles. The smallest absolute Gasteiger partial charge is 0.211 e. The number of benzene rings is 2. The van der Waals surface area contributed by atoms with Crippen molar-refractivity contribution in [3.63, 3.8) is 0 Å². The lowest BCUT2D eigenvalue weighted by molar-refractivity contribution is 0.571. The molecule has 0 saturated heterocycles. The minimum atomic E-state index is -3.20. The monoisotopic (exact) mass is 349 g/mol. The molecule has 1 N–H and O–H groups in total. The maximum atomic E-state index is 13.8. The van der Waals surface area contributed by atoms with E-state index in [4.69, 9.17) is 0 Å². The molecule has 0 aromatic heterocycles. The molecule has 2 rings (SSSR count).